The Kier molecular flexibility index (Phi) is 6.17. The molecule has 0 amide bonds. The van der Waals surface area contributed by atoms with Crippen LogP contribution in [0.25, 0.3) is 0 Å². The highest BCUT2D eigenvalue weighted by Gasteiger charge is 2.18. The molecule has 0 radical (unpaired) electrons. The molecule has 1 heterocycles. The first-order valence-corrected chi connectivity index (χ1v) is 9.02. The van der Waals surface area contributed by atoms with Crippen molar-refractivity contribution < 1.29 is 13.2 Å². The number of hydrogen-bond acceptors (Lipinski definition) is 4. The van der Waals surface area contributed by atoms with Crippen molar-refractivity contribution in [2.45, 2.75) is 25.1 Å². The summed E-state index contributed by atoms with van der Waals surface area (Å²) in [7, 11) is -1.40. The zero-order valence-corrected chi connectivity index (χ0v) is 13.3. The molecule has 0 aliphatic carbocycles. The largest absolute Gasteiger partial charge is 0.381 e. The lowest BCUT2D eigenvalue weighted by atomic mass is 10.0. The number of benzene rings is 1. The fourth-order valence-electron chi connectivity index (χ4n) is 2.50. The van der Waals surface area contributed by atoms with Crippen LogP contribution in [-0.4, -0.2) is 35.2 Å². The molecule has 1 saturated heterocycles. The predicted molar refractivity (Wildman–Crippen MR) is 83.4 cm³/mol. The first-order chi connectivity index (χ1) is 10.1. The molecule has 0 aromatic heterocycles. The van der Waals surface area contributed by atoms with Gasteiger partial charge in [0.2, 0.25) is 10.0 Å². The van der Waals surface area contributed by atoms with Crippen LogP contribution in [0.1, 0.15) is 24.0 Å². The van der Waals surface area contributed by atoms with Gasteiger partial charge in [-0.2, -0.15) is 0 Å². The summed E-state index contributed by atoms with van der Waals surface area (Å²) in [5.74, 6) is 0.428. The Morgan fingerprint density at radius 1 is 1.24 bits per heavy atom. The third-order valence-electron chi connectivity index (χ3n) is 3.66. The fourth-order valence-corrected chi connectivity index (χ4v) is 3.71. The number of hydrogen-bond donors (Lipinski definition) is 2. The van der Waals surface area contributed by atoms with E-state index in [2.05, 4.69) is 10.0 Å². The highest BCUT2D eigenvalue weighted by molar-refractivity contribution is 7.88. The van der Waals surface area contributed by atoms with Crippen LogP contribution in [0.3, 0.4) is 0 Å². The van der Waals surface area contributed by atoms with E-state index in [0.29, 0.717) is 12.5 Å². The van der Waals surface area contributed by atoms with E-state index in [1.165, 1.54) is 0 Å². The second-order valence-electron chi connectivity index (χ2n) is 5.51. The van der Waals surface area contributed by atoms with Crippen molar-refractivity contribution in [3.63, 3.8) is 0 Å². The summed E-state index contributed by atoms with van der Waals surface area (Å²) in [6.07, 6.45) is 1.86. The molecule has 0 spiro atoms. The highest BCUT2D eigenvalue weighted by Crippen LogP contribution is 2.14. The van der Waals surface area contributed by atoms with Gasteiger partial charge in [0.15, 0.2) is 0 Å². The minimum absolute atomic E-state index is 0.0355. The van der Waals surface area contributed by atoms with Gasteiger partial charge in [-0.1, -0.05) is 24.3 Å². The van der Waals surface area contributed by atoms with Gasteiger partial charge in [-0.3, -0.25) is 0 Å². The summed E-state index contributed by atoms with van der Waals surface area (Å²) >= 11 is 0. The minimum atomic E-state index is -3.28. The zero-order valence-electron chi connectivity index (χ0n) is 12.5. The second kappa shape index (κ2) is 7.89. The van der Waals surface area contributed by atoms with Crippen molar-refractivity contribution in [2.24, 2.45) is 5.92 Å². The van der Waals surface area contributed by atoms with E-state index < -0.39 is 10.0 Å². The Morgan fingerprint density at radius 2 is 1.95 bits per heavy atom. The van der Waals surface area contributed by atoms with Gasteiger partial charge in [-0.05, 0) is 36.9 Å². The van der Waals surface area contributed by atoms with Crippen LogP contribution in [0, 0.1) is 5.92 Å². The van der Waals surface area contributed by atoms with Crippen LogP contribution in [-0.2, 0) is 27.1 Å². The average molecular weight is 312 g/mol. The normalized spacial score (nSPS) is 17.0. The molecule has 1 aromatic carbocycles. The van der Waals surface area contributed by atoms with Gasteiger partial charge in [-0.25, -0.2) is 13.1 Å². The summed E-state index contributed by atoms with van der Waals surface area (Å²) in [5, 5.41) is 3.07. The van der Waals surface area contributed by atoms with E-state index in [4.69, 9.17) is 4.74 Å². The van der Waals surface area contributed by atoms with Gasteiger partial charge in [0.1, 0.15) is 0 Å². The average Bonchev–Trinajstić information content (AvgIpc) is 2.47. The molecular weight excluding hydrogens is 288 g/mol. The molecule has 1 aliphatic heterocycles. The van der Waals surface area contributed by atoms with E-state index in [1.54, 1.807) is 0 Å². The molecule has 0 unspecified atom stereocenters. The van der Waals surface area contributed by atoms with Crippen molar-refractivity contribution >= 4 is 10.0 Å². The molecule has 0 bridgehead atoms. The lowest BCUT2D eigenvalue weighted by molar-refractivity contribution is 0.0678. The maximum atomic E-state index is 12.2. The Morgan fingerprint density at radius 3 is 2.67 bits per heavy atom. The van der Waals surface area contributed by atoms with E-state index >= 15 is 0 Å². The van der Waals surface area contributed by atoms with Crippen molar-refractivity contribution in [3.8, 4) is 0 Å². The lowest BCUT2D eigenvalue weighted by Crippen LogP contribution is -2.33. The maximum absolute atomic E-state index is 12.2. The molecule has 2 rings (SSSR count). The SMILES string of the molecule is CNCc1cccc(CS(=O)(=O)NCC2CCOCC2)c1. The van der Waals surface area contributed by atoms with Crippen molar-refractivity contribution in [1.29, 1.82) is 0 Å². The molecule has 118 valence electrons. The molecular formula is C15H24N2O3S. The first-order valence-electron chi connectivity index (χ1n) is 7.36. The Bertz CT molecular complexity index is 540. The van der Waals surface area contributed by atoms with Gasteiger partial charge >= 0.3 is 0 Å². The smallest absolute Gasteiger partial charge is 0.215 e. The van der Waals surface area contributed by atoms with Crippen LogP contribution >= 0.6 is 0 Å². The van der Waals surface area contributed by atoms with Crippen LogP contribution < -0.4 is 10.0 Å². The summed E-state index contributed by atoms with van der Waals surface area (Å²) in [4.78, 5) is 0. The van der Waals surface area contributed by atoms with E-state index in [-0.39, 0.29) is 5.75 Å². The van der Waals surface area contributed by atoms with Gasteiger partial charge in [0.05, 0.1) is 5.75 Å². The molecule has 1 fully saturated rings. The van der Waals surface area contributed by atoms with E-state index in [0.717, 1.165) is 43.7 Å². The quantitative estimate of drug-likeness (QED) is 0.795. The number of sulfonamides is 1. The molecule has 21 heavy (non-hydrogen) atoms. The molecule has 0 atom stereocenters. The molecule has 5 nitrogen and oxygen atoms in total. The Hall–Kier alpha value is -0.950. The molecule has 1 aromatic rings. The van der Waals surface area contributed by atoms with Crippen LogP contribution in [0.5, 0.6) is 0 Å². The maximum Gasteiger partial charge on any atom is 0.215 e. The van der Waals surface area contributed by atoms with Gasteiger partial charge in [-0.15, -0.1) is 0 Å². The Labute approximate surface area is 127 Å². The molecule has 2 N–H and O–H groups in total. The third kappa shape index (κ3) is 5.74. The van der Waals surface area contributed by atoms with Crippen molar-refractivity contribution in [1.82, 2.24) is 10.0 Å². The monoisotopic (exact) mass is 312 g/mol. The van der Waals surface area contributed by atoms with Gasteiger partial charge in [0.25, 0.3) is 0 Å². The zero-order chi connectivity index (χ0) is 15.1. The number of ether oxygens (including phenoxy) is 1. The standard InChI is InChI=1S/C15H24N2O3S/c1-16-10-14-3-2-4-15(9-14)12-21(18,19)17-11-13-5-7-20-8-6-13/h2-4,9,13,16-17H,5-8,10-12H2,1H3. The highest BCUT2D eigenvalue weighted by atomic mass is 32.2. The summed E-state index contributed by atoms with van der Waals surface area (Å²) in [6.45, 7) is 2.72. The number of nitrogens with one attached hydrogen (secondary N) is 2. The summed E-state index contributed by atoms with van der Waals surface area (Å²) in [6, 6.07) is 7.68. The van der Waals surface area contributed by atoms with Crippen molar-refractivity contribution in [2.75, 3.05) is 26.8 Å². The molecule has 0 saturated carbocycles. The lowest BCUT2D eigenvalue weighted by Gasteiger charge is -2.22. The molecule has 1 aliphatic rings. The van der Waals surface area contributed by atoms with Crippen molar-refractivity contribution in [3.05, 3.63) is 35.4 Å². The second-order valence-corrected chi connectivity index (χ2v) is 7.32. The van der Waals surface area contributed by atoms with Crippen LogP contribution in [0.4, 0.5) is 0 Å². The predicted octanol–water partition coefficient (Wildman–Crippen LogP) is 1.25. The molecule has 6 heteroatoms. The topological polar surface area (TPSA) is 67.4 Å². The first kappa shape index (κ1) is 16.4. The summed E-state index contributed by atoms with van der Waals surface area (Å²) < 4.78 is 32.3. The number of rotatable bonds is 7. The van der Waals surface area contributed by atoms with E-state index in [1.807, 2.05) is 31.3 Å². The van der Waals surface area contributed by atoms with E-state index in [9.17, 15) is 8.42 Å². The third-order valence-corrected chi connectivity index (χ3v) is 4.98. The van der Waals surface area contributed by atoms with Crippen LogP contribution in [0.15, 0.2) is 24.3 Å². The fraction of sp³-hybridized carbons (Fsp3) is 0.600. The Balaban J connectivity index is 1.89. The summed E-state index contributed by atoms with van der Waals surface area (Å²) in [5.41, 5.74) is 1.91. The van der Waals surface area contributed by atoms with Gasteiger partial charge in [0, 0.05) is 26.3 Å². The minimum Gasteiger partial charge on any atom is -0.381 e. The van der Waals surface area contributed by atoms with Crippen LogP contribution in [0.2, 0.25) is 0 Å². The van der Waals surface area contributed by atoms with Gasteiger partial charge < -0.3 is 10.1 Å².